The average molecular weight is 743 g/mol. The SMILES string of the molecule is CCCCCCCCCCCCCCCCCC(=O)[O-].CCCCCCCCCCCCCCCCCC(=O)[O-].COc1cc(C=O)ccc1O.[Mg+2]. The number of methoxy groups -OCH3 is 1. The van der Waals surface area contributed by atoms with Gasteiger partial charge in [-0.3, -0.25) is 4.79 Å². The molecule has 298 valence electrons. The predicted octanol–water partition coefficient (Wildman–Crippen LogP) is 10.8. The molecule has 1 rings (SSSR count). The number of phenols is 1. The second-order valence-corrected chi connectivity index (χ2v) is 14.2. The standard InChI is InChI=1S/2C18H36O2.C8H8O3.Mg/c2*1-2-3-4-5-6-7-8-9-10-11-12-13-14-15-16-17-18(19)20;1-11-8-4-6(5-9)2-3-7(8)10;/h2*2-17H2,1H3,(H,19,20);2-5,10H,1H3;/q;;;+2/p-2. The number of hydrogen-bond acceptors (Lipinski definition) is 7. The summed E-state index contributed by atoms with van der Waals surface area (Å²) in [5.41, 5.74) is 0.486. The molecule has 1 aromatic rings. The van der Waals surface area contributed by atoms with Gasteiger partial charge in [-0.1, -0.05) is 194 Å². The summed E-state index contributed by atoms with van der Waals surface area (Å²) < 4.78 is 4.78. The first-order valence-corrected chi connectivity index (χ1v) is 21.0. The number of phenolic OH excluding ortho intramolecular Hbond substituents is 1. The van der Waals surface area contributed by atoms with Crippen molar-refractivity contribution in [2.45, 2.75) is 219 Å². The molecule has 0 unspecified atom stereocenters. The van der Waals surface area contributed by atoms with Gasteiger partial charge in [0.25, 0.3) is 0 Å². The van der Waals surface area contributed by atoms with Gasteiger partial charge in [0.2, 0.25) is 0 Å². The van der Waals surface area contributed by atoms with Gasteiger partial charge in [-0.05, 0) is 43.9 Å². The monoisotopic (exact) mass is 743 g/mol. The maximum atomic E-state index is 10.2. The Kier molecular flexibility index (Phi) is 47.6. The summed E-state index contributed by atoms with van der Waals surface area (Å²) in [7, 11) is 1.43. The van der Waals surface area contributed by atoms with Crippen LogP contribution in [0.3, 0.4) is 0 Å². The number of aldehydes is 1. The summed E-state index contributed by atoms with van der Waals surface area (Å²) >= 11 is 0. The maximum Gasteiger partial charge on any atom is 2.00 e. The molecule has 0 saturated heterocycles. The second-order valence-electron chi connectivity index (χ2n) is 14.2. The number of ether oxygens (including phenoxy) is 1. The maximum absolute atomic E-state index is 10.2. The van der Waals surface area contributed by atoms with Gasteiger partial charge in [0.15, 0.2) is 11.5 Å². The number of carboxylic acid groups (broad SMARTS) is 2. The van der Waals surface area contributed by atoms with Gasteiger partial charge in [0.05, 0.1) is 7.11 Å². The molecule has 0 spiro atoms. The van der Waals surface area contributed by atoms with Crippen LogP contribution in [0, 0.1) is 0 Å². The minimum atomic E-state index is -0.903. The molecule has 1 aromatic carbocycles. The number of carbonyl (C=O) groups excluding carboxylic acids is 3. The first-order valence-electron chi connectivity index (χ1n) is 21.0. The Hall–Kier alpha value is -1.80. The van der Waals surface area contributed by atoms with Gasteiger partial charge < -0.3 is 29.6 Å². The Balaban J connectivity index is -0.000000713. The summed E-state index contributed by atoms with van der Waals surface area (Å²) in [4.78, 5) is 30.7. The molecular weight excluding hydrogens is 665 g/mol. The molecule has 0 bridgehead atoms. The molecule has 0 saturated carbocycles. The van der Waals surface area contributed by atoms with Crippen molar-refractivity contribution in [3.05, 3.63) is 23.8 Å². The van der Waals surface area contributed by atoms with Gasteiger partial charge >= 0.3 is 23.1 Å². The third-order valence-electron chi connectivity index (χ3n) is 9.31. The fourth-order valence-corrected chi connectivity index (χ4v) is 6.05. The van der Waals surface area contributed by atoms with E-state index in [-0.39, 0.29) is 41.6 Å². The Labute approximate surface area is 336 Å². The molecule has 0 atom stereocenters. The third-order valence-corrected chi connectivity index (χ3v) is 9.31. The Bertz CT molecular complexity index is 865. The summed E-state index contributed by atoms with van der Waals surface area (Å²) in [6.45, 7) is 4.53. The number of rotatable bonds is 34. The van der Waals surface area contributed by atoms with E-state index in [0.717, 1.165) is 25.7 Å². The van der Waals surface area contributed by atoms with Crippen molar-refractivity contribution in [2.75, 3.05) is 7.11 Å². The first kappa shape index (κ1) is 54.5. The number of carboxylic acids is 2. The second kappa shape index (κ2) is 45.4. The molecular formula is C44H78MgO7. The van der Waals surface area contributed by atoms with E-state index >= 15 is 0 Å². The zero-order valence-electron chi connectivity index (χ0n) is 34.0. The van der Waals surface area contributed by atoms with Crippen LogP contribution in [0.4, 0.5) is 0 Å². The minimum absolute atomic E-state index is 0. The van der Waals surface area contributed by atoms with Crippen LogP contribution in [-0.2, 0) is 9.59 Å². The van der Waals surface area contributed by atoms with Crippen LogP contribution in [0.1, 0.15) is 230 Å². The van der Waals surface area contributed by atoms with Crippen LogP contribution in [0.2, 0.25) is 0 Å². The van der Waals surface area contributed by atoms with E-state index in [4.69, 9.17) is 9.84 Å². The van der Waals surface area contributed by atoms with Crippen molar-refractivity contribution in [1.29, 1.82) is 0 Å². The van der Waals surface area contributed by atoms with E-state index in [1.807, 2.05) is 0 Å². The number of unbranched alkanes of at least 4 members (excludes halogenated alkanes) is 28. The van der Waals surface area contributed by atoms with Crippen molar-refractivity contribution >= 4 is 41.3 Å². The predicted molar refractivity (Wildman–Crippen MR) is 215 cm³/mol. The molecule has 8 heteroatoms. The van der Waals surface area contributed by atoms with E-state index in [1.54, 1.807) is 0 Å². The van der Waals surface area contributed by atoms with E-state index < -0.39 is 11.9 Å². The van der Waals surface area contributed by atoms with Crippen LogP contribution in [0.15, 0.2) is 18.2 Å². The fraction of sp³-hybridized carbons (Fsp3) is 0.795. The normalized spacial score (nSPS) is 10.3. The molecule has 0 aliphatic heterocycles. The van der Waals surface area contributed by atoms with Crippen LogP contribution in [0.25, 0.3) is 0 Å². The fourth-order valence-electron chi connectivity index (χ4n) is 6.05. The van der Waals surface area contributed by atoms with Crippen molar-refractivity contribution in [2.24, 2.45) is 0 Å². The van der Waals surface area contributed by atoms with Crippen molar-refractivity contribution in [3.8, 4) is 11.5 Å². The number of hydrogen-bond donors (Lipinski definition) is 1. The van der Waals surface area contributed by atoms with E-state index in [0.29, 0.717) is 17.6 Å². The van der Waals surface area contributed by atoms with Crippen LogP contribution < -0.4 is 14.9 Å². The summed E-state index contributed by atoms with van der Waals surface area (Å²) in [6, 6.07) is 4.41. The van der Waals surface area contributed by atoms with Gasteiger partial charge in [-0.15, -0.1) is 0 Å². The Morgan fingerprint density at radius 2 is 0.808 bits per heavy atom. The molecule has 0 amide bonds. The van der Waals surface area contributed by atoms with E-state index in [1.165, 1.54) is 192 Å². The summed E-state index contributed by atoms with van der Waals surface area (Å²) in [5.74, 6) is -1.45. The number of aliphatic carboxylic acids is 2. The third kappa shape index (κ3) is 44.4. The van der Waals surface area contributed by atoms with Gasteiger partial charge in [0.1, 0.15) is 6.29 Å². The van der Waals surface area contributed by atoms with Gasteiger partial charge in [-0.2, -0.15) is 0 Å². The van der Waals surface area contributed by atoms with Crippen molar-refractivity contribution in [1.82, 2.24) is 0 Å². The Morgan fingerprint density at radius 1 is 0.538 bits per heavy atom. The molecule has 0 heterocycles. The summed E-state index contributed by atoms with van der Waals surface area (Å²) in [6.07, 6.45) is 40.4. The molecule has 0 aliphatic carbocycles. The van der Waals surface area contributed by atoms with Crippen molar-refractivity contribution in [3.63, 3.8) is 0 Å². The molecule has 52 heavy (non-hydrogen) atoms. The Morgan fingerprint density at radius 3 is 1.04 bits per heavy atom. The molecule has 0 aliphatic rings. The van der Waals surface area contributed by atoms with Gasteiger partial charge in [0, 0.05) is 17.5 Å². The van der Waals surface area contributed by atoms with Crippen molar-refractivity contribution < 1.29 is 34.4 Å². The molecule has 1 N–H and O–H groups in total. The molecule has 0 fully saturated rings. The summed E-state index contributed by atoms with van der Waals surface area (Å²) in [5, 5.41) is 29.5. The first-order chi connectivity index (χ1) is 24.8. The number of carbonyl (C=O) groups is 3. The quantitative estimate of drug-likeness (QED) is 0.0423. The average Bonchev–Trinajstić information content (AvgIpc) is 3.12. The molecule has 0 aromatic heterocycles. The van der Waals surface area contributed by atoms with E-state index in [2.05, 4.69) is 13.8 Å². The smallest absolute Gasteiger partial charge is 0.550 e. The van der Waals surface area contributed by atoms with Crippen LogP contribution in [0.5, 0.6) is 11.5 Å². The van der Waals surface area contributed by atoms with Gasteiger partial charge in [-0.25, -0.2) is 0 Å². The topological polar surface area (TPSA) is 127 Å². The number of aromatic hydroxyl groups is 1. The van der Waals surface area contributed by atoms with E-state index in [9.17, 15) is 24.6 Å². The largest absolute Gasteiger partial charge is 2.00 e. The zero-order valence-corrected chi connectivity index (χ0v) is 35.5. The molecule has 0 radical (unpaired) electrons. The van der Waals surface area contributed by atoms with Crippen LogP contribution >= 0.6 is 0 Å². The molecule has 7 nitrogen and oxygen atoms in total. The van der Waals surface area contributed by atoms with Crippen LogP contribution in [-0.4, -0.2) is 53.5 Å². The minimum Gasteiger partial charge on any atom is -0.550 e. The number of benzene rings is 1. The zero-order chi connectivity index (χ0) is 38.0.